The van der Waals surface area contributed by atoms with Gasteiger partial charge in [0.15, 0.2) is 0 Å². The molecule has 0 aliphatic heterocycles. The van der Waals surface area contributed by atoms with E-state index in [1.54, 1.807) is 31.2 Å². The number of hydrogen-bond acceptors (Lipinski definition) is 3. The zero-order valence-corrected chi connectivity index (χ0v) is 10.7. The Morgan fingerprint density at radius 2 is 1.95 bits per heavy atom. The second-order valence-electron chi connectivity index (χ2n) is 3.91. The Balaban J connectivity index is 2.67. The van der Waals surface area contributed by atoms with Gasteiger partial charge in [0.05, 0.1) is 6.04 Å². The van der Waals surface area contributed by atoms with Crippen LogP contribution < -0.4 is 10.6 Å². The highest BCUT2D eigenvalue weighted by molar-refractivity contribution is 6.39. The predicted octanol–water partition coefficient (Wildman–Crippen LogP) is 0.867. The third-order valence-electron chi connectivity index (χ3n) is 2.60. The number of amides is 2. The summed E-state index contributed by atoms with van der Waals surface area (Å²) in [6.45, 7) is 5.41. The zero-order valence-electron chi connectivity index (χ0n) is 10.7. The number of hydrogen-bond donors (Lipinski definition) is 2. The molecule has 5 heteroatoms. The molecule has 0 aromatic heterocycles. The van der Waals surface area contributed by atoms with E-state index in [1.807, 2.05) is 6.07 Å². The van der Waals surface area contributed by atoms with Crippen molar-refractivity contribution in [3.63, 3.8) is 0 Å². The third kappa shape index (κ3) is 4.06. The summed E-state index contributed by atoms with van der Waals surface area (Å²) in [7, 11) is 0. The summed E-state index contributed by atoms with van der Waals surface area (Å²) in [6.07, 6.45) is 0.758. The van der Waals surface area contributed by atoms with Gasteiger partial charge in [-0.05, 0) is 12.0 Å². The summed E-state index contributed by atoms with van der Waals surface area (Å²) in [6, 6.07) is 8.18. The molecule has 1 atom stereocenters. The average molecular weight is 260 g/mol. The maximum Gasteiger partial charge on any atom is 0.293 e. The monoisotopic (exact) mass is 260 g/mol. The van der Waals surface area contributed by atoms with Crippen LogP contribution in [0.3, 0.4) is 0 Å². The van der Waals surface area contributed by atoms with Crippen LogP contribution in [0.15, 0.2) is 36.9 Å². The molecule has 0 bridgehead atoms. The van der Waals surface area contributed by atoms with Crippen molar-refractivity contribution in [1.82, 2.24) is 10.6 Å². The van der Waals surface area contributed by atoms with Crippen LogP contribution in [-0.4, -0.2) is 24.1 Å². The highest BCUT2D eigenvalue weighted by atomic mass is 16.2. The molecule has 0 unspecified atom stereocenters. The van der Waals surface area contributed by atoms with Gasteiger partial charge in [0.1, 0.15) is 0 Å². The Morgan fingerprint density at radius 3 is 2.47 bits per heavy atom. The quantitative estimate of drug-likeness (QED) is 0.564. The molecule has 0 saturated heterocycles. The van der Waals surface area contributed by atoms with Crippen LogP contribution in [0.1, 0.15) is 18.9 Å². The zero-order chi connectivity index (χ0) is 14.3. The smallest absolute Gasteiger partial charge is 0.293 e. The lowest BCUT2D eigenvalue weighted by molar-refractivity contribution is -0.138. The fourth-order valence-corrected chi connectivity index (χ4v) is 1.53. The minimum absolute atomic E-state index is 0.347. The number of benzene rings is 1. The molecule has 0 fully saturated rings. The Hall–Kier alpha value is -2.43. The first kappa shape index (κ1) is 14.6. The second kappa shape index (κ2) is 7.10. The van der Waals surface area contributed by atoms with Gasteiger partial charge in [-0.2, -0.15) is 0 Å². The summed E-state index contributed by atoms with van der Waals surface area (Å²) >= 11 is 0. The van der Waals surface area contributed by atoms with E-state index in [9.17, 15) is 14.4 Å². The maximum atomic E-state index is 11.8. The van der Waals surface area contributed by atoms with E-state index in [-0.39, 0.29) is 0 Å². The molecule has 1 aromatic rings. The van der Waals surface area contributed by atoms with E-state index in [0.717, 1.165) is 5.56 Å². The third-order valence-corrected chi connectivity index (χ3v) is 2.60. The molecular formula is C14H16N2O3. The number of ketones is 1. The van der Waals surface area contributed by atoms with Crippen LogP contribution in [0.25, 0.3) is 5.70 Å². The Kier molecular flexibility index (Phi) is 5.47. The maximum absolute atomic E-state index is 11.8. The highest BCUT2D eigenvalue weighted by Gasteiger charge is 2.23. The first-order chi connectivity index (χ1) is 9.10. The topological polar surface area (TPSA) is 75.3 Å². The van der Waals surface area contributed by atoms with Gasteiger partial charge in [-0.1, -0.05) is 43.8 Å². The average Bonchev–Trinajstić information content (AvgIpc) is 2.44. The predicted molar refractivity (Wildman–Crippen MR) is 71.9 cm³/mol. The van der Waals surface area contributed by atoms with E-state index in [1.165, 1.54) is 0 Å². The Morgan fingerprint density at radius 1 is 1.32 bits per heavy atom. The summed E-state index contributed by atoms with van der Waals surface area (Å²) in [5.74, 6) is -1.47. The minimum atomic E-state index is -0.805. The van der Waals surface area contributed by atoms with Gasteiger partial charge in [-0.25, -0.2) is 0 Å². The van der Waals surface area contributed by atoms with Crippen LogP contribution in [-0.2, 0) is 14.4 Å². The molecule has 0 aliphatic rings. The normalized spacial score (nSPS) is 11.2. The molecule has 19 heavy (non-hydrogen) atoms. The molecule has 100 valence electrons. The molecule has 2 amide bonds. The number of Topliss-reactive ketones (excluding diaryl/α,β-unsaturated/α-hetero) is 1. The summed E-state index contributed by atoms with van der Waals surface area (Å²) in [5.41, 5.74) is 1.07. The lowest BCUT2D eigenvalue weighted by Crippen LogP contribution is -2.44. The SMILES string of the molecule is C=C(NC(=O)C(=O)[C@H](CC)NC=O)c1ccccc1. The van der Waals surface area contributed by atoms with Crippen molar-refractivity contribution in [3.05, 3.63) is 42.5 Å². The largest absolute Gasteiger partial charge is 0.348 e. The van der Waals surface area contributed by atoms with Crippen molar-refractivity contribution in [3.8, 4) is 0 Å². The van der Waals surface area contributed by atoms with Crippen LogP contribution >= 0.6 is 0 Å². The molecule has 0 saturated carbocycles. The van der Waals surface area contributed by atoms with Gasteiger partial charge in [-0.15, -0.1) is 0 Å². The molecule has 1 aromatic carbocycles. The van der Waals surface area contributed by atoms with Crippen molar-refractivity contribution >= 4 is 23.8 Å². The van der Waals surface area contributed by atoms with Gasteiger partial charge in [0, 0.05) is 5.70 Å². The molecular weight excluding hydrogens is 244 g/mol. The fraction of sp³-hybridized carbons (Fsp3) is 0.214. The van der Waals surface area contributed by atoms with E-state index < -0.39 is 17.7 Å². The molecule has 0 heterocycles. The first-order valence-electron chi connectivity index (χ1n) is 5.89. The van der Waals surface area contributed by atoms with Crippen molar-refractivity contribution in [1.29, 1.82) is 0 Å². The Labute approximate surface area is 111 Å². The number of rotatable bonds is 7. The summed E-state index contributed by atoms with van der Waals surface area (Å²) < 4.78 is 0. The summed E-state index contributed by atoms with van der Waals surface area (Å²) in [5, 5.41) is 4.74. The minimum Gasteiger partial charge on any atom is -0.348 e. The molecule has 0 radical (unpaired) electrons. The van der Waals surface area contributed by atoms with Crippen molar-refractivity contribution in [2.45, 2.75) is 19.4 Å². The molecule has 0 spiro atoms. The molecule has 2 N–H and O–H groups in total. The van der Waals surface area contributed by atoms with Crippen LogP contribution in [0.2, 0.25) is 0 Å². The van der Waals surface area contributed by atoms with Gasteiger partial charge in [0.25, 0.3) is 5.91 Å². The van der Waals surface area contributed by atoms with E-state index in [0.29, 0.717) is 18.5 Å². The van der Waals surface area contributed by atoms with E-state index in [2.05, 4.69) is 17.2 Å². The van der Waals surface area contributed by atoms with Crippen LogP contribution in [0.5, 0.6) is 0 Å². The lowest BCUT2D eigenvalue weighted by atomic mass is 10.1. The van der Waals surface area contributed by atoms with Crippen molar-refractivity contribution < 1.29 is 14.4 Å². The number of carbonyl (C=O) groups excluding carboxylic acids is 3. The number of carbonyl (C=O) groups is 3. The first-order valence-corrected chi connectivity index (χ1v) is 5.89. The van der Waals surface area contributed by atoms with Gasteiger partial charge >= 0.3 is 0 Å². The van der Waals surface area contributed by atoms with Gasteiger partial charge in [-0.3, -0.25) is 14.4 Å². The lowest BCUT2D eigenvalue weighted by Gasteiger charge is -2.13. The van der Waals surface area contributed by atoms with Crippen molar-refractivity contribution in [2.75, 3.05) is 0 Å². The van der Waals surface area contributed by atoms with Gasteiger partial charge in [0.2, 0.25) is 12.2 Å². The Bertz CT molecular complexity index is 483. The van der Waals surface area contributed by atoms with Crippen molar-refractivity contribution in [2.24, 2.45) is 0 Å². The van der Waals surface area contributed by atoms with Crippen LogP contribution in [0.4, 0.5) is 0 Å². The van der Waals surface area contributed by atoms with E-state index >= 15 is 0 Å². The second-order valence-corrected chi connectivity index (χ2v) is 3.91. The number of nitrogens with one attached hydrogen (secondary N) is 2. The molecule has 0 aliphatic carbocycles. The highest BCUT2D eigenvalue weighted by Crippen LogP contribution is 2.08. The summed E-state index contributed by atoms with van der Waals surface area (Å²) in [4.78, 5) is 33.8. The van der Waals surface area contributed by atoms with E-state index in [4.69, 9.17) is 0 Å². The molecule has 1 rings (SSSR count). The standard InChI is InChI=1S/C14H16N2O3/c1-3-12(15-9-17)13(18)14(19)16-10(2)11-7-5-4-6-8-11/h4-9,12H,2-3H2,1H3,(H,15,17)(H,16,19)/t12-/m0/s1. The van der Waals surface area contributed by atoms with Crippen LogP contribution in [0, 0.1) is 0 Å². The fourth-order valence-electron chi connectivity index (χ4n) is 1.53. The van der Waals surface area contributed by atoms with Gasteiger partial charge < -0.3 is 10.6 Å². The molecule has 5 nitrogen and oxygen atoms in total.